The molecule has 1 heterocycles. The van der Waals surface area contributed by atoms with Crippen molar-refractivity contribution in [3.63, 3.8) is 0 Å². The van der Waals surface area contributed by atoms with E-state index in [0.717, 1.165) is 17.7 Å². The molecular weight excluding hydrogens is 350 g/mol. The minimum Gasteiger partial charge on any atom is -0.436 e. The second-order valence-corrected chi connectivity index (χ2v) is 6.07. The molecule has 27 heavy (non-hydrogen) atoms. The van der Waals surface area contributed by atoms with Crippen molar-refractivity contribution in [3.05, 3.63) is 83.4 Å². The van der Waals surface area contributed by atoms with Crippen LogP contribution in [0.25, 0.3) is 22.6 Å². The standard InChI is InChI=1S/C21H14F2N2O2/c1-12-6-2-3-7-13(12)20(26)24-18-11-16(23)15(22)10-14(18)21-25-17-8-4-5-9-19(17)27-21/h2-11H,1H3,(H,24,26). The summed E-state index contributed by atoms with van der Waals surface area (Å²) in [4.78, 5) is 16.9. The highest BCUT2D eigenvalue weighted by atomic mass is 19.2. The van der Waals surface area contributed by atoms with Gasteiger partial charge in [0.1, 0.15) is 5.52 Å². The van der Waals surface area contributed by atoms with E-state index >= 15 is 0 Å². The number of oxazole rings is 1. The van der Waals surface area contributed by atoms with Gasteiger partial charge >= 0.3 is 0 Å². The molecule has 0 radical (unpaired) electrons. The van der Waals surface area contributed by atoms with E-state index in [1.54, 1.807) is 49.4 Å². The van der Waals surface area contributed by atoms with Gasteiger partial charge in [-0.05, 0) is 36.8 Å². The van der Waals surface area contributed by atoms with E-state index in [0.29, 0.717) is 16.7 Å². The lowest BCUT2D eigenvalue weighted by molar-refractivity contribution is 0.102. The second kappa shape index (κ2) is 6.64. The first-order chi connectivity index (χ1) is 13.0. The average molecular weight is 364 g/mol. The van der Waals surface area contributed by atoms with E-state index in [1.165, 1.54) is 0 Å². The summed E-state index contributed by atoms with van der Waals surface area (Å²) in [5.74, 6) is -2.47. The Morgan fingerprint density at radius 1 is 1.00 bits per heavy atom. The van der Waals surface area contributed by atoms with Gasteiger partial charge in [0.25, 0.3) is 5.91 Å². The molecule has 4 nitrogen and oxygen atoms in total. The second-order valence-electron chi connectivity index (χ2n) is 6.07. The number of rotatable bonds is 3. The van der Waals surface area contributed by atoms with Gasteiger partial charge in [-0.1, -0.05) is 30.3 Å². The first-order valence-electron chi connectivity index (χ1n) is 8.25. The highest BCUT2D eigenvalue weighted by molar-refractivity contribution is 6.07. The van der Waals surface area contributed by atoms with Gasteiger partial charge in [-0.3, -0.25) is 4.79 Å². The summed E-state index contributed by atoms with van der Waals surface area (Å²) < 4.78 is 33.4. The van der Waals surface area contributed by atoms with Crippen LogP contribution in [0.2, 0.25) is 0 Å². The van der Waals surface area contributed by atoms with Crippen molar-refractivity contribution in [2.24, 2.45) is 0 Å². The van der Waals surface area contributed by atoms with E-state index < -0.39 is 17.5 Å². The van der Waals surface area contributed by atoms with Crippen molar-refractivity contribution in [1.29, 1.82) is 0 Å². The molecule has 0 aliphatic rings. The Hall–Kier alpha value is -3.54. The van der Waals surface area contributed by atoms with Crippen molar-refractivity contribution < 1.29 is 18.0 Å². The topological polar surface area (TPSA) is 55.1 Å². The Kier molecular flexibility index (Phi) is 4.16. The van der Waals surface area contributed by atoms with Crippen LogP contribution in [-0.2, 0) is 0 Å². The zero-order valence-corrected chi connectivity index (χ0v) is 14.3. The Balaban J connectivity index is 1.79. The van der Waals surface area contributed by atoms with Crippen LogP contribution in [0.1, 0.15) is 15.9 Å². The quantitative estimate of drug-likeness (QED) is 0.534. The molecule has 4 aromatic rings. The van der Waals surface area contributed by atoms with Gasteiger partial charge in [0, 0.05) is 11.6 Å². The van der Waals surface area contributed by atoms with Crippen LogP contribution in [0, 0.1) is 18.6 Å². The number of benzene rings is 3. The minimum atomic E-state index is -1.07. The number of halogens is 2. The van der Waals surface area contributed by atoms with Crippen molar-refractivity contribution in [3.8, 4) is 11.5 Å². The number of fused-ring (bicyclic) bond motifs is 1. The van der Waals surface area contributed by atoms with Gasteiger partial charge in [0.05, 0.1) is 11.3 Å². The first kappa shape index (κ1) is 16.9. The van der Waals surface area contributed by atoms with Gasteiger partial charge < -0.3 is 9.73 Å². The molecule has 0 bridgehead atoms. The highest BCUT2D eigenvalue weighted by Crippen LogP contribution is 2.32. The van der Waals surface area contributed by atoms with Crippen LogP contribution >= 0.6 is 0 Å². The third-order valence-corrected chi connectivity index (χ3v) is 4.22. The summed E-state index contributed by atoms with van der Waals surface area (Å²) in [6.07, 6.45) is 0. The summed E-state index contributed by atoms with van der Waals surface area (Å²) in [6, 6.07) is 15.9. The van der Waals surface area contributed by atoms with Crippen molar-refractivity contribution in [1.82, 2.24) is 4.98 Å². The Bertz CT molecular complexity index is 1140. The lowest BCUT2D eigenvalue weighted by Crippen LogP contribution is -2.14. The Morgan fingerprint density at radius 3 is 2.48 bits per heavy atom. The molecule has 0 aliphatic carbocycles. The molecule has 0 saturated carbocycles. The maximum atomic E-state index is 13.9. The number of hydrogen-bond acceptors (Lipinski definition) is 3. The first-order valence-corrected chi connectivity index (χ1v) is 8.25. The van der Waals surface area contributed by atoms with Crippen LogP contribution in [0.4, 0.5) is 14.5 Å². The zero-order chi connectivity index (χ0) is 19.0. The molecule has 134 valence electrons. The average Bonchev–Trinajstić information content (AvgIpc) is 3.08. The van der Waals surface area contributed by atoms with Crippen LogP contribution in [-0.4, -0.2) is 10.9 Å². The third kappa shape index (κ3) is 3.17. The largest absolute Gasteiger partial charge is 0.436 e. The number of amides is 1. The number of hydrogen-bond donors (Lipinski definition) is 1. The van der Waals surface area contributed by atoms with Crippen LogP contribution in [0.3, 0.4) is 0 Å². The SMILES string of the molecule is Cc1ccccc1C(=O)Nc1cc(F)c(F)cc1-c1nc2ccccc2o1. The summed E-state index contributed by atoms with van der Waals surface area (Å²) in [7, 11) is 0. The Labute approximate surface area is 153 Å². The maximum Gasteiger partial charge on any atom is 0.255 e. The number of aryl methyl sites for hydroxylation is 1. The van der Waals surface area contributed by atoms with Crippen LogP contribution in [0.5, 0.6) is 0 Å². The Morgan fingerprint density at radius 2 is 1.70 bits per heavy atom. The molecule has 6 heteroatoms. The number of para-hydroxylation sites is 2. The number of anilines is 1. The minimum absolute atomic E-state index is 0.0775. The maximum absolute atomic E-state index is 13.9. The van der Waals surface area contributed by atoms with Gasteiger partial charge in [0.15, 0.2) is 17.2 Å². The fourth-order valence-electron chi connectivity index (χ4n) is 2.83. The van der Waals surface area contributed by atoms with Crippen molar-refractivity contribution >= 4 is 22.7 Å². The molecule has 0 atom stereocenters. The molecule has 1 N–H and O–H groups in total. The predicted octanol–water partition coefficient (Wildman–Crippen LogP) is 5.33. The molecule has 0 unspecified atom stereocenters. The number of carbonyl (C=O) groups excluding carboxylic acids is 1. The smallest absolute Gasteiger partial charge is 0.255 e. The molecule has 0 saturated heterocycles. The van der Waals surface area contributed by atoms with E-state index in [-0.39, 0.29) is 17.1 Å². The van der Waals surface area contributed by atoms with Crippen molar-refractivity contribution in [2.45, 2.75) is 6.92 Å². The lowest BCUT2D eigenvalue weighted by Gasteiger charge is -2.11. The van der Waals surface area contributed by atoms with Gasteiger partial charge in [-0.25, -0.2) is 13.8 Å². The fraction of sp³-hybridized carbons (Fsp3) is 0.0476. The lowest BCUT2D eigenvalue weighted by atomic mass is 10.1. The zero-order valence-electron chi connectivity index (χ0n) is 14.3. The van der Waals surface area contributed by atoms with Gasteiger partial charge in [0.2, 0.25) is 5.89 Å². The fourth-order valence-corrected chi connectivity index (χ4v) is 2.83. The molecular formula is C21H14F2N2O2. The van der Waals surface area contributed by atoms with Crippen LogP contribution in [0.15, 0.2) is 65.1 Å². The number of nitrogens with one attached hydrogen (secondary N) is 1. The molecule has 1 amide bonds. The molecule has 0 spiro atoms. The highest BCUT2D eigenvalue weighted by Gasteiger charge is 2.19. The van der Waals surface area contributed by atoms with E-state index in [2.05, 4.69) is 10.3 Å². The van der Waals surface area contributed by atoms with Gasteiger partial charge in [-0.2, -0.15) is 0 Å². The molecule has 0 fully saturated rings. The molecule has 0 aliphatic heterocycles. The summed E-state index contributed by atoms with van der Waals surface area (Å²) in [5, 5.41) is 2.63. The molecule has 1 aromatic heterocycles. The monoisotopic (exact) mass is 364 g/mol. The number of nitrogens with zero attached hydrogens (tertiary/aromatic N) is 1. The van der Waals surface area contributed by atoms with E-state index in [1.807, 2.05) is 6.07 Å². The summed E-state index contributed by atoms with van der Waals surface area (Å²) >= 11 is 0. The third-order valence-electron chi connectivity index (χ3n) is 4.22. The number of carbonyl (C=O) groups is 1. The summed E-state index contributed by atoms with van der Waals surface area (Å²) in [5.41, 5.74) is 2.52. The van der Waals surface area contributed by atoms with Crippen molar-refractivity contribution in [2.75, 3.05) is 5.32 Å². The summed E-state index contributed by atoms with van der Waals surface area (Å²) in [6.45, 7) is 1.79. The van der Waals surface area contributed by atoms with E-state index in [9.17, 15) is 13.6 Å². The molecule has 4 rings (SSSR count). The number of aromatic nitrogens is 1. The normalized spacial score (nSPS) is 10.9. The van der Waals surface area contributed by atoms with E-state index in [4.69, 9.17) is 4.42 Å². The van der Waals surface area contributed by atoms with Gasteiger partial charge in [-0.15, -0.1) is 0 Å². The molecule has 3 aromatic carbocycles. The van der Waals surface area contributed by atoms with Crippen LogP contribution < -0.4 is 5.32 Å². The predicted molar refractivity (Wildman–Crippen MR) is 98.5 cm³/mol.